The Labute approximate surface area is 124 Å². The Kier molecular flexibility index (Phi) is 6.14. The number of hydrogen-bond donors (Lipinski definition) is 2. The van der Waals surface area contributed by atoms with E-state index in [4.69, 9.17) is 4.74 Å². The molecule has 1 aliphatic heterocycles. The average molecular weight is 327 g/mol. The maximum Gasteiger partial charge on any atom is 0.133 e. The van der Waals surface area contributed by atoms with Crippen LogP contribution < -0.4 is 15.4 Å². The van der Waals surface area contributed by atoms with Gasteiger partial charge in [0.25, 0.3) is 0 Å². The zero-order valence-electron chi connectivity index (χ0n) is 11.5. The van der Waals surface area contributed by atoms with Gasteiger partial charge < -0.3 is 15.4 Å². The van der Waals surface area contributed by atoms with Crippen LogP contribution in [0.4, 0.5) is 0 Å². The van der Waals surface area contributed by atoms with E-state index in [-0.39, 0.29) is 0 Å². The molecule has 3 nitrogen and oxygen atoms in total. The molecule has 1 saturated heterocycles. The number of hydrogen-bond acceptors (Lipinski definition) is 3. The summed E-state index contributed by atoms with van der Waals surface area (Å²) < 4.78 is 6.25. The Morgan fingerprint density at radius 1 is 1.37 bits per heavy atom. The molecule has 0 bridgehead atoms. The van der Waals surface area contributed by atoms with E-state index in [1.54, 1.807) is 7.11 Å². The third-order valence-corrected chi connectivity index (χ3v) is 4.35. The first-order valence-electron chi connectivity index (χ1n) is 7.03. The lowest BCUT2D eigenvalue weighted by Gasteiger charge is -2.22. The van der Waals surface area contributed by atoms with E-state index in [1.165, 1.54) is 37.9 Å². The van der Waals surface area contributed by atoms with E-state index in [2.05, 4.69) is 38.7 Å². The summed E-state index contributed by atoms with van der Waals surface area (Å²) >= 11 is 3.52. The Hall–Kier alpha value is -0.580. The fraction of sp³-hybridized carbons (Fsp3) is 0.600. The van der Waals surface area contributed by atoms with Crippen LogP contribution in [0.2, 0.25) is 0 Å². The van der Waals surface area contributed by atoms with E-state index < -0.39 is 0 Å². The van der Waals surface area contributed by atoms with E-state index >= 15 is 0 Å². The SMILES string of the molecule is COc1ccc(CNCCC2CCNCC2)cc1Br. The molecular weight excluding hydrogens is 304 g/mol. The second-order valence-corrected chi connectivity index (χ2v) is 5.98. The molecule has 0 aliphatic carbocycles. The molecule has 1 aromatic rings. The van der Waals surface area contributed by atoms with Gasteiger partial charge in [-0.1, -0.05) is 6.07 Å². The van der Waals surface area contributed by atoms with Crippen molar-refractivity contribution in [3.63, 3.8) is 0 Å². The van der Waals surface area contributed by atoms with Crippen molar-refractivity contribution in [2.75, 3.05) is 26.7 Å². The number of rotatable bonds is 6. The minimum absolute atomic E-state index is 0.887. The van der Waals surface area contributed by atoms with Crippen LogP contribution >= 0.6 is 15.9 Å². The molecule has 0 radical (unpaired) electrons. The maximum atomic E-state index is 5.23. The fourth-order valence-electron chi connectivity index (χ4n) is 2.53. The van der Waals surface area contributed by atoms with Crippen LogP contribution in [-0.4, -0.2) is 26.7 Å². The lowest BCUT2D eigenvalue weighted by Crippen LogP contribution is -2.29. The minimum atomic E-state index is 0.887. The van der Waals surface area contributed by atoms with Crippen molar-refractivity contribution >= 4 is 15.9 Å². The summed E-state index contributed by atoms with van der Waals surface area (Å²) in [4.78, 5) is 0. The van der Waals surface area contributed by atoms with Crippen molar-refractivity contribution in [2.24, 2.45) is 5.92 Å². The molecule has 19 heavy (non-hydrogen) atoms. The summed E-state index contributed by atoms with van der Waals surface area (Å²) in [5.41, 5.74) is 1.29. The molecule has 1 heterocycles. The minimum Gasteiger partial charge on any atom is -0.496 e. The summed E-state index contributed by atoms with van der Waals surface area (Å²) in [6, 6.07) is 6.24. The van der Waals surface area contributed by atoms with Crippen LogP contribution in [-0.2, 0) is 6.54 Å². The predicted molar refractivity (Wildman–Crippen MR) is 82.6 cm³/mol. The first kappa shape index (κ1) is 14.8. The largest absolute Gasteiger partial charge is 0.496 e. The topological polar surface area (TPSA) is 33.3 Å². The highest BCUT2D eigenvalue weighted by Crippen LogP contribution is 2.25. The molecule has 0 amide bonds. The molecular formula is C15H23BrN2O. The zero-order chi connectivity index (χ0) is 13.5. The lowest BCUT2D eigenvalue weighted by molar-refractivity contribution is 0.348. The monoisotopic (exact) mass is 326 g/mol. The second kappa shape index (κ2) is 7.88. The van der Waals surface area contributed by atoms with Gasteiger partial charge in [0.05, 0.1) is 11.6 Å². The quantitative estimate of drug-likeness (QED) is 0.788. The first-order chi connectivity index (χ1) is 9.29. The zero-order valence-corrected chi connectivity index (χ0v) is 13.1. The Morgan fingerprint density at radius 2 is 2.16 bits per heavy atom. The molecule has 2 rings (SSSR count). The third kappa shape index (κ3) is 4.79. The Morgan fingerprint density at radius 3 is 2.84 bits per heavy atom. The third-order valence-electron chi connectivity index (χ3n) is 3.73. The molecule has 0 spiro atoms. The molecule has 106 valence electrons. The number of nitrogens with one attached hydrogen (secondary N) is 2. The van der Waals surface area contributed by atoms with Crippen LogP contribution in [0.1, 0.15) is 24.8 Å². The number of halogens is 1. The van der Waals surface area contributed by atoms with Crippen LogP contribution in [0.25, 0.3) is 0 Å². The van der Waals surface area contributed by atoms with Gasteiger partial charge in [-0.25, -0.2) is 0 Å². The van der Waals surface area contributed by atoms with Gasteiger partial charge in [0.1, 0.15) is 5.75 Å². The smallest absolute Gasteiger partial charge is 0.133 e. The lowest BCUT2D eigenvalue weighted by atomic mass is 9.95. The van der Waals surface area contributed by atoms with E-state index in [9.17, 15) is 0 Å². The van der Waals surface area contributed by atoms with E-state index in [0.717, 1.165) is 29.2 Å². The van der Waals surface area contributed by atoms with Crippen molar-refractivity contribution < 1.29 is 4.74 Å². The van der Waals surface area contributed by atoms with Gasteiger partial charge in [-0.15, -0.1) is 0 Å². The Bertz CT molecular complexity index is 392. The number of methoxy groups -OCH3 is 1. The van der Waals surface area contributed by atoms with Gasteiger partial charge in [0.2, 0.25) is 0 Å². The summed E-state index contributed by atoms with van der Waals surface area (Å²) in [5, 5.41) is 6.94. The van der Waals surface area contributed by atoms with Crippen molar-refractivity contribution in [2.45, 2.75) is 25.8 Å². The second-order valence-electron chi connectivity index (χ2n) is 5.13. The summed E-state index contributed by atoms with van der Waals surface area (Å²) in [5.74, 6) is 1.79. The van der Waals surface area contributed by atoms with E-state index in [0.29, 0.717) is 0 Å². The van der Waals surface area contributed by atoms with Crippen LogP contribution in [0.15, 0.2) is 22.7 Å². The molecule has 0 saturated carbocycles. The van der Waals surface area contributed by atoms with Crippen LogP contribution in [0, 0.1) is 5.92 Å². The highest BCUT2D eigenvalue weighted by molar-refractivity contribution is 9.10. The first-order valence-corrected chi connectivity index (χ1v) is 7.82. The van der Waals surface area contributed by atoms with Gasteiger partial charge in [0, 0.05) is 6.54 Å². The maximum absolute atomic E-state index is 5.23. The predicted octanol–water partition coefficient (Wildman–Crippen LogP) is 2.94. The van der Waals surface area contributed by atoms with Gasteiger partial charge in [-0.2, -0.15) is 0 Å². The normalized spacial score (nSPS) is 16.5. The summed E-state index contributed by atoms with van der Waals surface area (Å²) in [6.45, 7) is 4.41. The average Bonchev–Trinajstić information content (AvgIpc) is 2.45. The fourth-order valence-corrected chi connectivity index (χ4v) is 3.12. The summed E-state index contributed by atoms with van der Waals surface area (Å²) in [7, 11) is 1.69. The molecule has 1 aliphatic rings. The Balaban J connectivity index is 1.69. The van der Waals surface area contributed by atoms with Gasteiger partial charge in [-0.05, 0) is 78.4 Å². The molecule has 0 aromatic heterocycles. The van der Waals surface area contributed by atoms with Crippen molar-refractivity contribution in [1.29, 1.82) is 0 Å². The van der Waals surface area contributed by atoms with Gasteiger partial charge >= 0.3 is 0 Å². The molecule has 0 atom stereocenters. The summed E-state index contributed by atoms with van der Waals surface area (Å²) in [6.07, 6.45) is 3.95. The van der Waals surface area contributed by atoms with Gasteiger partial charge in [-0.3, -0.25) is 0 Å². The molecule has 4 heteroatoms. The van der Waals surface area contributed by atoms with Crippen LogP contribution in [0.3, 0.4) is 0 Å². The van der Waals surface area contributed by atoms with E-state index in [1.807, 2.05) is 6.07 Å². The number of benzene rings is 1. The number of ether oxygens (including phenoxy) is 1. The number of piperidine rings is 1. The standard InChI is InChI=1S/C15H23BrN2O/c1-19-15-3-2-13(10-14(15)16)11-18-9-6-12-4-7-17-8-5-12/h2-3,10,12,17-18H,4-9,11H2,1H3. The highest BCUT2D eigenvalue weighted by Gasteiger charge is 2.11. The van der Waals surface area contributed by atoms with Crippen molar-refractivity contribution in [1.82, 2.24) is 10.6 Å². The van der Waals surface area contributed by atoms with Gasteiger partial charge in [0.15, 0.2) is 0 Å². The molecule has 0 unspecified atom stereocenters. The molecule has 1 fully saturated rings. The molecule has 1 aromatic carbocycles. The van der Waals surface area contributed by atoms with Crippen LogP contribution in [0.5, 0.6) is 5.75 Å². The van der Waals surface area contributed by atoms with Crippen molar-refractivity contribution in [3.8, 4) is 5.75 Å². The van der Waals surface area contributed by atoms with Crippen molar-refractivity contribution in [3.05, 3.63) is 28.2 Å². The highest BCUT2D eigenvalue weighted by atomic mass is 79.9. The molecule has 2 N–H and O–H groups in total.